The molecule has 0 bridgehead atoms. The van der Waals surface area contributed by atoms with Gasteiger partial charge in [0.1, 0.15) is 5.25 Å². The minimum absolute atomic E-state index is 0.0211. The van der Waals surface area contributed by atoms with Crippen molar-refractivity contribution in [2.45, 2.75) is 18.6 Å². The number of anilines is 1. The Hall–Kier alpha value is -3.72. The molecule has 0 spiro atoms. The van der Waals surface area contributed by atoms with Gasteiger partial charge in [0.15, 0.2) is 5.17 Å². The summed E-state index contributed by atoms with van der Waals surface area (Å²) in [6.45, 7) is 2.02. The zero-order valence-electron chi connectivity index (χ0n) is 17.4. The summed E-state index contributed by atoms with van der Waals surface area (Å²) in [5.74, 6) is -1.04. The number of carbonyl (C=O) groups excluding carboxylic acids is 3. The maximum Gasteiger partial charge on any atom is 0.338 e. The highest BCUT2D eigenvalue weighted by Gasteiger charge is 2.32. The van der Waals surface area contributed by atoms with Crippen LogP contribution in [0.15, 0.2) is 70.9 Å². The van der Waals surface area contributed by atoms with Gasteiger partial charge in [-0.2, -0.15) is 5.10 Å². The van der Waals surface area contributed by atoms with Gasteiger partial charge in [0, 0.05) is 18.3 Å². The Balaban J connectivity index is 1.48. The van der Waals surface area contributed by atoms with E-state index in [2.05, 4.69) is 20.8 Å². The van der Waals surface area contributed by atoms with Gasteiger partial charge in [-0.1, -0.05) is 48.2 Å². The van der Waals surface area contributed by atoms with E-state index in [-0.39, 0.29) is 18.2 Å². The highest BCUT2D eigenvalue weighted by atomic mass is 32.2. The molecule has 1 aliphatic rings. The third-order valence-electron chi connectivity index (χ3n) is 4.22. The van der Waals surface area contributed by atoms with Gasteiger partial charge in [0.25, 0.3) is 0 Å². The van der Waals surface area contributed by atoms with E-state index in [0.29, 0.717) is 23.0 Å². The molecule has 9 heteroatoms. The van der Waals surface area contributed by atoms with E-state index in [1.807, 2.05) is 36.4 Å². The zero-order chi connectivity index (χ0) is 22.8. The van der Waals surface area contributed by atoms with Gasteiger partial charge >= 0.3 is 5.97 Å². The molecule has 1 unspecified atom stereocenters. The SMILES string of the molecule is CCOC(=O)c1ccc(NC(=O)CC2S/C(=N/N=C/C=C/c3ccccc3)NC2=O)cc1. The molecule has 1 atom stereocenters. The first-order chi connectivity index (χ1) is 15.5. The van der Waals surface area contributed by atoms with E-state index in [9.17, 15) is 14.4 Å². The van der Waals surface area contributed by atoms with Crippen molar-refractivity contribution in [1.82, 2.24) is 5.32 Å². The average Bonchev–Trinajstić information content (AvgIpc) is 3.13. The average molecular weight is 451 g/mol. The molecule has 164 valence electrons. The number of amidine groups is 1. The van der Waals surface area contributed by atoms with E-state index >= 15 is 0 Å². The molecule has 1 heterocycles. The highest BCUT2D eigenvalue weighted by molar-refractivity contribution is 8.15. The predicted octanol–water partition coefficient (Wildman–Crippen LogP) is 3.48. The third kappa shape index (κ3) is 6.92. The Bertz CT molecular complexity index is 1050. The summed E-state index contributed by atoms with van der Waals surface area (Å²) < 4.78 is 4.92. The molecule has 2 N–H and O–H groups in total. The maximum absolute atomic E-state index is 12.3. The molecule has 0 radical (unpaired) electrons. The summed E-state index contributed by atoms with van der Waals surface area (Å²) >= 11 is 1.15. The van der Waals surface area contributed by atoms with Crippen molar-refractivity contribution in [3.63, 3.8) is 0 Å². The fraction of sp³-hybridized carbons (Fsp3) is 0.174. The maximum atomic E-state index is 12.3. The number of thioether (sulfide) groups is 1. The lowest BCUT2D eigenvalue weighted by Gasteiger charge is -2.08. The fourth-order valence-electron chi connectivity index (χ4n) is 2.71. The molecule has 1 aliphatic heterocycles. The summed E-state index contributed by atoms with van der Waals surface area (Å²) in [6, 6.07) is 16.1. The van der Waals surface area contributed by atoms with Crippen LogP contribution in [-0.4, -0.2) is 41.0 Å². The lowest BCUT2D eigenvalue weighted by atomic mass is 10.2. The molecule has 1 saturated heterocycles. The van der Waals surface area contributed by atoms with Gasteiger partial charge in [-0.15, -0.1) is 5.10 Å². The number of amides is 2. The van der Waals surface area contributed by atoms with Crippen LogP contribution in [0.25, 0.3) is 6.08 Å². The zero-order valence-corrected chi connectivity index (χ0v) is 18.2. The van der Waals surface area contributed by atoms with Gasteiger partial charge in [-0.25, -0.2) is 4.79 Å². The standard InChI is InChI=1S/C23H22N4O4S/c1-2-31-22(30)17-10-12-18(13-11-17)25-20(28)15-19-21(29)26-23(32-19)27-24-14-6-9-16-7-4-3-5-8-16/h3-14,19H,2,15H2,1H3,(H,25,28)(H,26,27,29)/b9-6+,24-14+. The van der Waals surface area contributed by atoms with Crippen molar-refractivity contribution in [2.75, 3.05) is 11.9 Å². The molecular weight excluding hydrogens is 428 g/mol. The first-order valence-electron chi connectivity index (χ1n) is 9.92. The van der Waals surface area contributed by atoms with Crippen molar-refractivity contribution in [1.29, 1.82) is 0 Å². The third-order valence-corrected chi connectivity index (χ3v) is 5.29. The Morgan fingerprint density at radius 3 is 2.62 bits per heavy atom. The van der Waals surface area contributed by atoms with Crippen molar-refractivity contribution in [3.05, 3.63) is 71.8 Å². The van der Waals surface area contributed by atoms with Crippen LogP contribution in [0.4, 0.5) is 5.69 Å². The Morgan fingerprint density at radius 1 is 1.16 bits per heavy atom. The molecule has 32 heavy (non-hydrogen) atoms. The van der Waals surface area contributed by atoms with E-state index in [1.165, 1.54) is 6.21 Å². The van der Waals surface area contributed by atoms with Crippen molar-refractivity contribution >= 4 is 52.7 Å². The van der Waals surface area contributed by atoms with Crippen LogP contribution in [0.2, 0.25) is 0 Å². The minimum Gasteiger partial charge on any atom is -0.462 e. The van der Waals surface area contributed by atoms with Gasteiger partial charge in [-0.3, -0.25) is 9.59 Å². The summed E-state index contributed by atoms with van der Waals surface area (Å²) in [5, 5.41) is 13.0. The van der Waals surface area contributed by atoms with Crippen molar-refractivity contribution in [3.8, 4) is 0 Å². The molecule has 1 fully saturated rings. The largest absolute Gasteiger partial charge is 0.462 e. The Morgan fingerprint density at radius 2 is 1.91 bits per heavy atom. The van der Waals surface area contributed by atoms with E-state index < -0.39 is 11.2 Å². The molecule has 0 aliphatic carbocycles. The van der Waals surface area contributed by atoms with Gasteiger partial charge < -0.3 is 15.4 Å². The smallest absolute Gasteiger partial charge is 0.338 e. The first-order valence-corrected chi connectivity index (χ1v) is 10.8. The quantitative estimate of drug-likeness (QED) is 0.364. The monoisotopic (exact) mass is 450 g/mol. The lowest BCUT2D eigenvalue weighted by Crippen LogP contribution is -2.28. The van der Waals surface area contributed by atoms with Crippen LogP contribution < -0.4 is 10.6 Å². The van der Waals surface area contributed by atoms with Crippen LogP contribution in [0.1, 0.15) is 29.3 Å². The number of rotatable bonds is 8. The Labute approximate surface area is 189 Å². The highest BCUT2D eigenvalue weighted by Crippen LogP contribution is 2.23. The molecule has 2 aromatic carbocycles. The number of nitrogens with one attached hydrogen (secondary N) is 2. The van der Waals surface area contributed by atoms with Gasteiger partial charge in [0.2, 0.25) is 11.8 Å². The number of esters is 1. The van der Waals surface area contributed by atoms with E-state index in [0.717, 1.165) is 17.3 Å². The molecule has 3 rings (SSSR count). The normalized spacial score (nSPS) is 17.1. The summed E-state index contributed by atoms with van der Waals surface area (Å²) in [4.78, 5) is 36.1. The summed E-state index contributed by atoms with van der Waals surface area (Å²) in [6.07, 6.45) is 5.13. The van der Waals surface area contributed by atoms with Crippen LogP contribution >= 0.6 is 11.8 Å². The first kappa shape index (κ1) is 23.0. The molecule has 2 aromatic rings. The second-order valence-electron chi connectivity index (χ2n) is 6.59. The fourth-order valence-corrected chi connectivity index (χ4v) is 3.64. The van der Waals surface area contributed by atoms with Crippen LogP contribution in [0.3, 0.4) is 0 Å². The number of ether oxygens (including phenoxy) is 1. The number of hydrogen-bond donors (Lipinski definition) is 2. The van der Waals surface area contributed by atoms with Crippen LogP contribution in [-0.2, 0) is 14.3 Å². The summed E-state index contributed by atoms with van der Waals surface area (Å²) in [5.41, 5.74) is 1.96. The number of benzene rings is 2. The number of nitrogens with zero attached hydrogens (tertiary/aromatic N) is 2. The molecule has 8 nitrogen and oxygen atoms in total. The topological polar surface area (TPSA) is 109 Å². The molecule has 0 saturated carbocycles. The number of carbonyl (C=O) groups is 3. The predicted molar refractivity (Wildman–Crippen MR) is 127 cm³/mol. The number of hydrogen-bond acceptors (Lipinski definition) is 7. The molecule has 2 amide bonds. The Kier molecular flexibility index (Phi) is 8.33. The van der Waals surface area contributed by atoms with Crippen molar-refractivity contribution < 1.29 is 19.1 Å². The second kappa shape index (κ2) is 11.6. The second-order valence-corrected chi connectivity index (χ2v) is 7.78. The lowest BCUT2D eigenvalue weighted by molar-refractivity contribution is -0.122. The molecular formula is C23H22N4O4S. The molecule has 0 aromatic heterocycles. The van der Waals surface area contributed by atoms with Crippen LogP contribution in [0.5, 0.6) is 0 Å². The van der Waals surface area contributed by atoms with Crippen LogP contribution in [0, 0.1) is 0 Å². The van der Waals surface area contributed by atoms with Gasteiger partial charge in [0.05, 0.1) is 12.2 Å². The van der Waals surface area contributed by atoms with Gasteiger partial charge in [-0.05, 0) is 42.8 Å². The van der Waals surface area contributed by atoms with E-state index in [1.54, 1.807) is 37.3 Å². The van der Waals surface area contributed by atoms with Crippen molar-refractivity contribution in [2.24, 2.45) is 10.2 Å². The summed E-state index contributed by atoms with van der Waals surface area (Å²) in [7, 11) is 0. The van der Waals surface area contributed by atoms with E-state index in [4.69, 9.17) is 4.74 Å². The minimum atomic E-state index is -0.595. The number of allylic oxidation sites excluding steroid dienone is 1.